The molecule has 2 fully saturated rings. The van der Waals surface area contributed by atoms with Crippen LogP contribution in [0.4, 0.5) is 17.6 Å². The zero-order chi connectivity index (χ0) is 26.0. The van der Waals surface area contributed by atoms with Crippen LogP contribution in [0.1, 0.15) is 32.3 Å². The molecule has 9 nitrogen and oxygen atoms in total. The second-order valence-corrected chi connectivity index (χ2v) is 9.95. The number of halogens is 4. The minimum absolute atomic E-state index is 0.0881. The molecule has 14 heteroatoms. The molecule has 3 atom stereocenters. The number of alkyl halides is 1. The number of nitrogens with zero attached hydrogens (tertiary/aromatic N) is 2. The van der Waals surface area contributed by atoms with E-state index in [1.54, 1.807) is 4.90 Å². The van der Waals surface area contributed by atoms with Crippen molar-refractivity contribution in [2.75, 3.05) is 19.6 Å². The molecule has 0 spiro atoms. The fourth-order valence-corrected chi connectivity index (χ4v) is 4.23. The van der Waals surface area contributed by atoms with E-state index in [0.29, 0.717) is 25.6 Å². The summed E-state index contributed by atoms with van der Waals surface area (Å²) in [6, 6.07) is 0.242. The molecule has 0 radical (unpaired) electrons. The molecule has 0 aromatic heterocycles. The van der Waals surface area contributed by atoms with Crippen molar-refractivity contribution in [2.45, 2.75) is 50.9 Å². The Hall–Kier alpha value is -2.05. The number of amides is 2. The molecule has 0 saturated carbocycles. The average molecular weight is 513 g/mol. The molecule has 3 rings (SSSR count). The molecule has 2 saturated heterocycles. The van der Waals surface area contributed by atoms with E-state index >= 15 is 0 Å². The standard InChI is InChI=1S/C20H25F4N3O2.H3O4P/c1-20(2,24)19(29)26-9-11-3-4-27(17(11)10-26)18(28)7-13(25)5-12-6-15(22)16(23)8-14(12)21;1-5(2,3)4/h6,8,11,13,17H,3-5,7,9-10,25H2,1-2H3;(H3,1,2,3,4)/t11-,13+,17+;/m0./s1. The minimum Gasteiger partial charge on any atom is -0.338 e. The number of fused-ring (bicyclic) bond motifs is 1. The van der Waals surface area contributed by atoms with Crippen LogP contribution in [0.2, 0.25) is 0 Å². The lowest BCUT2D eigenvalue weighted by molar-refractivity contribution is -0.142. The molecule has 0 aliphatic carbocycles. The first-order chi connectivity index (χ1) is 15.5. The second-order valence-electron chi connectivity index (χ2n) is 8.93. The maximum absolute atomic E-state index is 14.0. The third-order valence-electron chi connectivity index (χ3n) is 5.67. The highest BCUT2D eigenvalue weighted by molar-refractivity contribution is 7.45. The smallest absolute Gasteiger partial charge is 0.338 e. The van der Waals surface area contributed by atoms with Gasteiger partial charge in [0.2, 0.25) is 5.91 Å². The quantitative estimate of drug-likeness (QED) is 0.264. The molecule has 5 N–H and O–H groups in total. The van der Waals surface area contributed by atoms with Gasteiger partial charge in [-0.2, -0.15) is 0 Å². The Balaban J connectivity index is 0.000000739. The lowest BCUT2D eigenvalue weighted by Gasteiger charge is -2.27. The first-order valence-corrected chi connectivity index (χ1v) is 12.0. The van der Waals surface area contributed by atoms with Gasteiger partial charge < -0.3 is 30.2 Å². The van der Waals surface area contributed by atoms with E-state index in [1.807, 2.05) is 0 Å². The van der Waals surface area contributed by atoms with Crippen LogP contribution in [0.25, 0.3) is 0 Å². The van der Waals surface area contributed by atoms with Gasteiger partial charge in [-0.05, 0) is 38.3 Å². The molecule has 2 aliphatic rings. The molecule has 1 aromatic rings. The van der Waals surface area contributed by atoms with Crippen molar-refractivity contribution < 1.29 is 46.4 Å². The summed E-state index contributed by atoms with van der Waals surface area (Å²) >= 11 is 0. The Morgan fingerprint density at radius 2 is 1.71 bits per heavy atom. The van der Waals surface area contributed by atoms with E-state index in [-0.39, 0.29) is 42.8 Å². The van der Waals surface area contributed by atoms with Gasteiger partial charge in [0.1, 0.15) is 5.82 Å². The zero-order valence-corrected chi connectivity index (χ0v) is 19.5. The summed E-state index contributed by atoms with van der Waals surface area (Å²) in [6.07, 6.45) is 0.501. The van der Waals surface area contributed by atoms with Gasteiger partial charge >= 0.3 is 7.82 Å². The van der Waals surface area contributed by atoms with Crippen LogP contribution in [-0.2, 0) is 20.6 Å². The van der Waals surface area contributed by atoms with E-state index in [1.165, 1.54) is 18.7 Å². The van der Waals surface area contributed by atoms with Gasteiger partial charge in [0.15, 0.2) is 17.3 Å². The number of phosphoric acid groups is 1. The Bertz CT molecular complexity index is 962. The summed E-state index contributed by atoms with van der Waals surface area (Å²) in [5, 5.41) is 0. The minimum atomic E-state index is -4.64. The largest absolute Gasteiger partial charge is 0.466 e. The van der Waals surface area contributed by atoms with Gasteiger partial charge in [0.05, 0.1) is 6.04 Å². The van der Waals surface area contributed by atoms with Crippen molar-refractivity contribution in [3.8, 4) is 0 Å². The van der Waals surface area contributed by atoms with E-state index < -0.39 is 42.9 Å². The summed E-state index contributed by atoms with van der Waals surface area (Å²) in [7, 11) is -4.64. The Labute approximate surface area is 193 Å². The summed E-state index contributed by atoms with van der Waals surface area (Å²) in [5.41, 5.74) is 3.90. The van der Waals surface area contributed by atoms with Crippen molar-refractivity contribution in [1.82, 2.24) is 9.80 Å². The van der Waals surface area contributed by atoms with E-state index in [4.69, 9.17) is 25.0 Å². The van der Waals surface area contributed by atoms with Crippen LogP contribution in [0, 0.1) is 23.4 Å². The average Bonchev–Trinajstić information content (AvgIpc) is 3.23. The van der Waals surface area contributed by atoms with Crippen LogP contribution in [0.3, 0.4) is 0 Å². The molecule has 192 valence electrons. The van der Waals surface area contributed by atoms with E-state index in [9.17, 15) is 27.2 Å². The molecule has 2 heterocycles. The van der Waals surface area contributed by atoms with Crippen molar-refractivity contribution in [3.63, 3.8) is 0 Å². The number of rotatable bonds is 5. The number of benzene rings is 1. The monoisotopic (exact) mass is 513 g/mol. The first-order valence-electron chi connectivity index (χ1n) is 10.4. The first kappa shape index (κ1) is 28.2. The van der Waals surface area contributed by atoms with E-state index in [2.05, 4.69) is 0 Å². The Morgan fingerprint density at radius 3 is 2.26 bits per heavy atom. The normalized spacial score (nSPS) is 21.1. The fourth-order valence-electron chi connectivity index (χ4n) is 4.23. The highest BCUT2D eigenvalue weighted by Crippen LogP contribution is 2.33. The van der Waals surface area contributed by atoms with Crippen molar-refractivity contribution >= 4 is 19.6 Å². The van der Waals surface area contributed by atoms with Gasteiger partial charge in [0.25, 0.3) is 5.91 Å². The molecule has 2 aliphatic heterocycles. The van der Waals surface area contributed by atoms with Crippen molar-refractivity contribution in [3.05, 3.63) is 35.1 Å². The van der Waals surface area contributed by atoms with Gasteiger partial charge in [-0.1, -0.05) is 0 Å². The van der Waals surface area contributed by atoms with Crippen LogP contribution < -0.4 is 5.73 Å². The van der Waals surface area contributed by atoms with Crippen molar-refractivity contribution in [2.24, 2.45) is 11.7 Å². The molecule has 0 bridgehead atoms. The Kier molecular flexibility index (Phi) is 8.87. The number of likely N-dealkylation sites (tertiary alicyclic amines) is 2. The number of carbonyl (C=O) groups excluding carboxylic acids is 2. The maximum Gasteiger partial charge on any atom is 0.466 e. The summed E-state index contributed by atoms with van der Waals surface area (Å²) in [5.74, 6) is -4.12. The van der Waals surface area contributed by atoms with Crippen LogP contribution >= 0.6 is 7.82 Å². The molecular formula is C20H28F4N3O6P. The number of hydrogen-bond donors (Lipinski definition) is 4. The lowest BCUT2D eigenvalue weighted by atomic mass is 10.0. The number of carbonyl (C=O) groups is 2. The maximum atomic E-state index is 14.0. The summed E-state index contributed by atoms with van der Waals surface area (Å²) in [6.45, 7) is 3.62. The lowest BCUT2D eigenvalue weighted by Crippen LogP contribution is -2.45. The van der Waals surface area contributed by atoms with Crippen LogP contribution in [0.15, 0.2) is 12.1 Å². The van der Waals surface area contributed by atoms with Gasteiger partial charge in [-0.3, -0.25) is 9.59 Å². The van der Waals surface area contributed by atoms with Crippen LogP contribution in [-0.4, -0.2) is 73.7 Å². The number of hydrogen-bond acceptors (Lipinski definition) is 4. The zero-order valence-electron chi connectivity index (χ0n) is 18.6. The summed E-state index contributed by atoms with van der Waals surface area (Å²) < 4.78 is 63.0. The molecule has 0 unspecified atom stereocenters. The van der Waals surface area contributed by atoms with E-state index in [0.717, 1.165) is 6.07 Å². The fraction of sp³-hybridized carbons (Fsp3) is 0.600. The molecule has 1 aromatic carbocycles. The third kappa shape index (κ3) is 7.74. The predicted octanol–water partition coefficient (Wildman–Crippen LogP) is 1.24. The predicted molar refractivity (Wildman–Crippen MR) is 112 cm³/mol. The Morgan fingerprint density at radius 1 is 1.15 bits per heavy atom. The highest BCUT2D eigenvalue weighted by atomic mass is 31.2. The topological polar surface area (TPSA) is 144 Å². The van der Waals surface area contributed by atoms with Crippen LogP contribution in [0.5, 0.6) is 0 Å². The van der Waals surface area contributed by atoms with Gasteiger partial charge in [0, 0.05) is 44.1 Å². The number of nitrogens with two attached hydrogens (primary N) is 1. The SMILES string of the molecule is CC(C)(F)C(=O)N1C[C@@H]2CCN(C(=O)C[C@H](N)Cc3cc(F)c(F)cc3F)[C@@H]2C1.O=P(O)(O)O. The third-order valence-corrected chi connectivity index (χ3v) is 5.67. The molecule has 34 heavy (non-hydrogen) atoms. The summed E-state index contributed by atoms with van der Waals surface area (Å²) in [4.78, 5) is 49.5. The highest BCUT2D eigenvalue weighted by Gasteiger charge is 2.47. The van der Waals surface area contributed by atoms with Gasteiger partial charge in [-0.25, -0.2) is 22.1 Å². The van der Waals surface area contributed by atoms with Gasteiger partial charge in [-0.15, -0.1) is 0 Å². The molecular weight excluding hydrogens is 485 g/mol. The van der Waals surface area contributed by atoms with Crippen molar-refractivity contribution in [1.29, 1.82) is 0 Å². The second kappa shape index (κ2) is 10.7. The molecule has 2 amide bonds.